The van der Waals surface area contributed by atoms with Crippen molar-refractivity contribution in [3.8, 4) is 11.1 Å². The molecule has 3 aromatic carbocycles. The van der Waals surface area contributed by atoms with Gasteiger partial charge in [-0.25, -0.2) is 4.79 Å². The van der Waals surface area contributed by atoms with Crippen molar-refractivity contribution >= 4 is 17.6 Å². The Morgan fingerprint density at radius 3 is 2.21 bits per heavy atom. The number of hydrogen-bond acceptors (Lipinski definition) is 6. The van der Waals surface area contributed by atoms with Gasteiger partial charge in [-0.3, -0.25) is 4.79 Å². The van der Waals surface area contributed by atoms with Gasteiger partial charge in [0, 0.05) is 23.7 Å². The Bertz CT molecular complexity index is 1150. The number of nitrogens with one attached hydrogen (secondary N) is 1. The highest BCUT2D eigenvalue weighted by molar-refractivity contribution is 5.99. The van der Waals surface area contributed by atoms with Gasteiger partial charge in [-0.2, -0.15) is 0 Å². The Kier molecular flexibility index (Phi) is 6.44. The summed E-state index contributed by atoms with van der Waals surface area (Å²) in [4.78, 5) is 24.0. The molecule has 0 fully saturated rings. The van der Waals surface area contributed by atoms with Gasteiger partial charge >= 0.3 is 6.09 Å². The van der Waals surface area contributed by atoms with E-state index in [0.29, 0.717) is 11.3 Å². The Morgan fingerprint density at radius 1 is 1.00 bits per heavy atom. The lowest BCUT2D eigenvalue weighted by Gasteiger charge is -2.20. The lowest BCUT2D eigenvalue weighted by molar-refractivity contribution is 0.0185. The Balaban J connectivity index is 1.35. The van der Waals surface area contributed by atoms with Crippen molar-refractivity contribution in [1.82, 2.24) is 5.32 Å². The molecule has 0 saturated carbocycles. The predicted octanol–water partition coefficient (Wildman–Crippen LogP) is 3.40. The van der Waals surface area contributed by atoms with Crippen LogP contribution >= 0.6 is 0 Å². The lowest BCUT2D eigenvalue weighted by Crippen LogP contribution is -2.36. The van der Waals surface area contributed by atoms with E-state index in [0.717, 1.165) is 22.3 Å². The minimum absolute atomic E-state index is 0.0709. The number of nitrogen functional groups attached to an aromatic ring is 1. The van der Waals surface area contributed by atoms with Crippen LogP contribution in [-0.2, 0) is 4.74 Å². The number of anilines is 1. The van der Waals surface area contributed by atoms with Crippen molar-refractivity contribution in [3.05, 3.63) is 89.0 Å². The number of nitrogens with two attached hydrogens (primary N) is 1. The lowest BCUT2D eigenvalue weighted by atomic mass is 9.98. The maximum atomic E-state index is 12.3. The third-order valence-electron chi connectivity index (χ3n) is 5.96. The van der Waals surface area contributed by atoms with E-state index in [1.807, 2.05) is 36.4 Å². The van der Waals surface area contributed by atoms with E-state index in [9.17, 15) is 19.8 Å². The van der Waals surface area contributed by atoms with Gasteiger partial charge in [0.1, 0.15) is 18.8 Å². The second-order valence-corrected chi connectivity index (χ2v) is 8.12. The van der Waals surface area contributed by atoms with Crippen molar-refractivity contribution in [3.63, 3.8) is 0 Å². The Hall–Kier alpha value is -3.68. The van der Waals surface area contributed by atoms with Crippen LogP contribution in [0.4, 0.5) is 10.5 Å². The summed E-state index contributed by atoms with van der Waals surface area (Å²) >= 11 is 0. The van der Waals surface area contributed by atoms with E-state index in [1.54, 1.807) is 0 Å². The van der Waals surface area contributed by atoms with Crippen molar-refractivity contribution in [2.24, 2.45) is 0 Å². The zero-order valence-corrected chi connectivity index (χ0v) is 18.2. The van der Waals surface area contributed by atoms with Crippen LogP contribution in [0.5, 0.6) is 0 Å². The normalized spacial score (nSPS) is 14.2. The molecule has 7 heteroatoms. The highest BCUT2D eigenvalue weighted by Gasteiger charge is 2.29. The summed E-state index contributed by atoms with van der Waals surface area (Å²) in [6, 6.07) is 20.5. The number of ketones is 1. The number of fused-ring (bicyclic) bond motifs is 3. The van der Waals surface area contributed by atoms with Crippen LogP contribution in [-0.4, -0.2) is 41.3 Å². The number of carbonyl (C=O) groups excluding carboxylic acids is 2. The quantitative estimate of drug-likeness (QED) is 0.326. The van der Waals surface area contributed by atoms with Gasteiger partial charge in [0.15, 0.2) is 5.78 Å². The molecular weight excluding hydrogens is 420 g/mol. The summed E-state index contributed by atoms with van der Waals surface area (Å²) in [5.41, 5.74) is 11.1. The monoisotopic (exact) mass is 446 g/mol. The van der Waals surface area contributed by atoms with Crippen LogP contribution < -0.4 is 11.1 Å². The first-order valence-electron chi connectivity index (χ1n) is 10.7. The molecule has 2 unspecified atom stereocenters. The fraction of sp³-hybridized carbons (Fsp3) is 0.231. The number of aliphatic hydroxyl groups excluding tert-OH is 2. The van der Waals surface area contributed by atoms with Crippen molar-refractivity contribution in [1.29, 1.82) is 0 Å². The van der Waals surface area contributed by atoms with Crippen LogP contribution in [0.1, 0.15) is 46.0 Å². The zero-order valence-electron chi connectivity index (χ0n) is 18.2. The summed E-state index contributed by atoms with van der Waals surface area (Å²) in [5.74, 6) is -0.314. The number of Topliss-reactive ketones (excluding diaryl/α,β-unsaturated/α-hetero) is 1. The Labute approximate surface area is 191 Å². The summed E-state index contributed by atoms with van der Waals surface area (Å²) in [5, 5.41) is 23.2. The molecule has 7 nitrogen and oxygen atoms in total. The number of hydrogen-bond donors (Lipinski definition) is 4. The molecule has 4 rings (SSSR count). The van der Waals surface area contributed by atoms with Crippen LogP contribution in [0.3, 0.4) is 0 Å². The molecule has 2 atom stereocenters. The average molecular weight is 447 g/mol. The van der Waals surface area contributed by atoms with Gasteiger partial charge in [-0.1, -0.05) is 54.6 Å². The van der Waals surface area contributed by atoms with Crippen LogP contribution in [0, 0.1) is 0 Å². The molecule has 0 radical (unpaired) electrons. The first-order valence-corrected chi connectivity index (χ1v) is 10.7. The topological polar surface area (TPSA) is 122 Å². The molecule has 33 heavy (non-hydrogen) atoms. The number of aliphatic hydroxyl groups is 2. The van der Waals surface area contributed by atoms with E-state index >= 15 is 0 Å². The molecule has 3 aromatic rings. The smallest absolute Gasteiger partial charge is 0.407 e. The molecule has 170 valence electrons. The highest BCUT2D eigenvalue weighted by Crippen LogP contribution is 2.44. The molecule has 1 amide bonds. The predicted molar refractivity (Wildman–Crippen MR) is 125 cm³/mol. The third kappa shape index (κ3) is 4.60. The molecule has 0 bridgehead atoms. The molecule has 1 aliphatic rings. The zero-order chi connectivity index (χ0) is 23.5. The highest BCUT2D eigenvalue weighted by atomic mass is 16.5. The molecule has 0 aromatic heterocycles. The van der Waals surface area contributed by atoms with Crippen LogP contribution in [0.2, 0.25) is 0 Å². The van der Waals surface area contributed by atoms with E-state index in [4.69, 9.17) is 10.5 Å². The number of rotatable bonds is 7. The molecule has 1 aliphatic carbocycles. The molecular formula is C26H26N2O5. The van der Waals surface area contributed by atoms with E-state index < -0.39 is 18.3 Å². The van der Waals surface area contributed by atoms with Gasteiger partial charge in [-0.15, -0.1) is 0 Å². The largest absolute Gasteiger partial charge is 0.449 e. The van der Waals surface area contributed by atoms with Crippen molar-refractivity contribution in [2.45, 2.75) is 25.0 Å². The second kappa shape index (κ2) is 9.44. The molecule has 0 aliphatic heterocycles. The Morgan fingerprint density at radius 2 is 1.61 bits per heavy atom. The number of benzene rings is 3. The first kappa shape index (κ1) is 22.5. The molecule has 0 heterocycles. The number of amides is 1. The summed E-state index contributed by atoms with van der Waals surface area (Å²) < 4.78 is 5.44. The van der Waals surface area contributed by atoms with E-state index in [1.165, 1.54) is 25.1 Å². The maximum Gasteiger partial charge on any atom is 0.407 e. The van der Waals surface area contributed by atoms with Gasteiger partial charge in [0.2, 0.25) is 0 Å². The standard InChI is InChI=1S/C26H26N2O5/c1-15(29)21-12-16(10-11-23(21)27)25(31)24(30)13-28-26(32)33-14-22-19-8-4-2-6-17(19)18-7-3-5-9-20(18)22/h2-12,22,24-25,30-31H,13-14,27H2,1H3,(H,28,32). The van der Waals surface area contributed by atoms with Gasteiger partial charge in [-0.05, 0) is 46.9 Å². The van der Waals surface area contributed by atoms with Gasteiger partial charge in [0.05, 0.1) is 0 Å². The van der Waals surface area contributed by atoms with Gasteiger partial charge < -0.3 is 26.0 Å². The summed E-state index contributed by atoms with van der Waals surface area (Å²) in [6.07, 6.45) is -3.30. The number of carbonyl (C=O) groups is 2. The van der Waals surface area contributed by atoms with Crippen LogP contribution in [0.25, 0.3) is 11.1 Å². The summed E-state index contributed by atoms with van der Waals surface area (Å²) in [6.45, 7) is 1.30. The van der Waals surface area contributed by atoms with Crippen molar-refractivity contribution < 1.29 is 24.5 Å². The van der Waals surface area contributed by atoms with Gasteiger partial charge in [0.25, 0.3) is 0 Å². The van der Waals surface area contributed by atoms with Crippen LogP contribution in [0.15, 0.2) is 66.7 Å². The molecule has 5 N–H and O–H groups in total. The summed E-state index contributed by atoms with van der Waals surface area (Å²) in [7, 11) is 0. The number of ether oxygens (including phenoxy) is 1. The average Bonchev–Trinajstić information content (AvgIpc) is 3.14. The fourth-order valence-electron chi connectivity index (χ4n) is 4.23. The SMILES string of the molecule is CC(=O)c1cc(C(O)C(O)CNC(=O)OCC2c3ccccc3-c3ccccc32)ccc1N. The fourth-order valence-corrected chi connectivity index (χ4v) is 4.23. The van der Waals surface area contributed by atoms with Crippen molar-refractivity contribution in [2.75, 3.05) is 18.9 Å². The maximum absolute atomic E-state index is 12.3. The van der Waals surface area contributed by atoms with E-state index in [-0.39, 0.29) is 30.4 Å². The first-order chi connectivity index (χ1) is 15.9. The van der Waals surface area contributed by atoms with E-state index in [2.05, 4.69) is 17.4 Å². The number of alkyl carbamates (subject to hydrolysis) is 1. The molecule has 0 saturated heterocycles. The minimum atomic E-state index is -1.31. The second-order valence-electron chi connectivity index (χ2n) is 8.12. The third-order valence-corrected chi connectivity index (χ3v) is 5.96. The minimum Gasteiger partial charge on any atom is -0.449 e. The molecule has 0 spiro atoms.